The highest BCUT2D eigenvalue weighted by Crippen LogP contribution is 2.59. The summed E-state index contributed by atoms with van der Waals surface area (Å²) in [6.07, 6.45) is -31.0. The van der Waals surface area contributed by atoms with E-state index < -0.39 is 275 Å². The Morgan fingerprint density at radius 3 is 1.27 bits per heavy atom. The molecule has 9 aromatic rings. The van der Waals surface area contributed by atoms with Crippen LogP contribution in [0.3, 0.4) is 0 Å². The number of aromatic amines is 4. The van der Waals surface area contributed by atoms with E-state index in [1.807, 2.05) is 0 Å². The first-order valence-electron chi connectivity index (χ1n) is 44.1. The van der Waals surface area contributed by atoms with Crippen LogP contribution in [0, 0.1) is 20.8 Å². The van der Waals surface area contributed by atoms with E-state index in [1.165, 1.54) is 84.3 Å². The van der Waals surface area contributed by atoms with Crippen LogP contribution in [-0.2, 0) is 158 Å². The van der Waals surface area contributed by atoms with Gasteiger partial charge in [0.2, 0.25) is 11.9 Å². The van der Waals surface area contributed by atoms with Crippen molar-refractivity contribution < 1.29 is 159 Å². The molecule has 0 saturated carbocycles. The molecule has 11 unspecified atom stereocenters. The molecule has 6 aliphatic rings. The Morgan fingerprint density at radius 2 is 0.795 bits per heavy atom. The van der Waals surface area contributed by atoms with Crippen molar-refractivity contribution in [2.24, 2.45) is 0 Å². The van der Waals surface area contributed by atoms with Gasteiger partial charge >= 0.3 is 23.9 Å². The van der Waals surface area contributed by atoms with Crippen molar-refractivity contribution in [3.63, 3.8) is 0 Å². The minimum atomic E-state index is -6.26. The van der Waals surface area contributed by atoms with Crippen molar-refractivity contribution in [1.29, 1.82) is 0 Å². The zero-order valence-electron chi connectivity index (χ0n) is 78.5. The number of aromatic nitrogens is 18. The maximum Gasteiger partial charge on any atom is 0.386 e. The van der Waals surface area contributed by atoms with Crippen LogP contribution in [0.15, 0.2) is 77.5 Å². The first-order valence-corrected chi connectivity index (χ1v) is 54.9. The van der Waals surface area contributed by atoms with E-state index in [2.05, 4.69) is 72.1 Å². The van der Waals surface area contributed by atoms with Crippen molar-refractivity contribution in [2.75, 3.05) is 158 Å². The number of methoxy groups -OCH3 is 5. The Bertz CT molecular complexity index is 6820. The highest BCUT2D eigenvalue weighted by atomic mass is 32.7. The third-order valence-corrected chi connectivity index (χ3v) is 30.1. The molecule has 71 heteroatoms. The van der Waals surface area contributed by atoms with E-state index >= 15 is 28.4 Å². The molecule has 6 aliphatic heterocycles. The SMILES string of the molecule is COCCO[C@H]1C(O)[C@@H](COP([O-])(=S)OC2[C@@H](COP(=O)(S)OC3[C@@H](COP(=O)([O-])OC4[C@@H](COP(=O)([O-])OC5[C@@H](COP([O-])(=S)OC6C[C@H](n7cnc8c(=O)[nH]c(N)nc87)O[C@@H]6C)O[C@@H](n6cc(C)c(=O)[nH]c6=O)[C@H]5OCCOC)O[C@@H](n5cnc6c(=O)[nH]c(N)nc65)[C@H]4OCCOC)O[C@@H](n4cc(C)c(=O)[nH]c4=O)[C@H]3OCCOC)O[C@@H](n3cnc4c(N)ncnc43)[C@H]2OCCOC)O[C@H]1n1cc(C)c(N)nc1=O. The molecule has 15 heterocycles. The predicted octanol–water partition coefficient (Wildman–Crippen LogP) is -4.83. The summed E-state index contributed by atoms with van der Waals surface area (Å²) >= 11 is 15.4. The second-order valence-electron chi connectivity index (χ2n) is 33.2. The Hall–Kier alpha value is -8.21. The first-order chi connectivity index (χ1) is 69.4. The molecule has 0 radical (unpaired) electrons. The third kappa shape index (κ3) is 25.9. The molecule has 0 amide bonds. The largest absolute Gasteiger partial charge is 0.780 e. The number of nitrogen functional groups attached to an aromatic ring is 4. The zero-order chi connectivity index (χ0) is 105. The van der Waals surface area contributed by atoms with Crippen LogP contribution in [-0.4, -0.2) is 331 Å². The average molecular weight is 2220 g/mol. The summed E-state index contributed by atoms with van der Waals surface area (Å²) < 4.78 is 207. The molecule has 13 N–H and O–H groups in total. The normalized spacial score (nSPS) is 29.1. The molecule has 0 aromatic carbocycles. The number of aliphatic hydroxyl groups is 1. The number of ether oxygens (including phenoxy) is 16. The van der Waals surface area contributed by atoms with Gasteiger partial charge in [-0.2, -0.15) is 15.0 Å². The average Bonchev–Trinajstić information content (AvgIpc) is 1.61. The lowest BCUT2D eigenvalue weighted by molar-refractivity contribution is -0.241. The lowest BCUT2D eigenvalue weighted by Crippen LogP contribution is -2.42. The number of phosphoric ester groups is 2. The molecule has 146 heavy (non-hydrogen) atoms. The Morgan fingerprint density at radius 1 is 0.418 bits per heavy atom. The first kappa shape index (κ1) is 112. The van der Waals surface area contributed by atoms with Crippen molar-refractivity contribution in [2.45, 2.75) is 175 Å². The predicted molar refractivity (Wildman–Crippen MR) is 497 cm³/mol. The zero-order valence-corrected chi connectivity index (χ0v) is 85.5. The minimum absolute atomic E-state index is 0.0226. The number of imidazole rings is 3. The molecule has 63 nitrogen and oxygen atoms in total. The Labute approximate surface area is 837 Å². The number of rotatable bonds is 51. The number of nitrogens with two attached hydrogens (primary N) is 4. The van der Waals surface area contributed by atoms with E-state index in [9.17, 15) is 43.6 Å². The fourth-order valence-corrected chi connectivity index (χ4v) is 22.9. The van der Waals surface area contributed by atoms with Gasteiger partial charge in [-0.1, -0.05) is 35.9 Å². The van der Waals surface area contributed by atoms with Gasteiger partial charge in [-0.3, -0.25) is 84.7 Å². The number of nitrogens with one attached hydrogen (secondary N) is 4. The smallest absolute Gasteiger partial charge is 0.386 e. The molecule has 6 fully saturated rings. The van der Waals surface area contributed by atoms with Gasteiger partial charge in [0.25, 0.3) is 37.9 Å². The van der Waals surface area contributed by atoms with Gasteiger partial charge in [0, 0.05) is 77.3 Å². The second-order valence-corrected chi connectivity index (χ2v) is 44.3. The number of aryl methyl sites for hydroxylation is 3. The number of H-pyrrole nitrogens is 4. The fourth-order valence-electron chi connectivity index (χ4n) is 16.6. The Kier molecular flexibility index (Phi) is 36.6. The van der Waals surface area contributed by atoms with Crippen molar-refractivity contribution in [1.82, 2.24) is 87.2 Å². The molecule has 0 spiro atoms. The number of thiol groups is 1. The summed E-state index contributed by atoms with van der Waals surface area (Å²) in [5.74, 6) is -0.909. The molecule has 15 rings (SSSR count). The number of phosphoric acid groups is 2. The monoisotopic (exact) mass is 2220 g/mol. The number of anilines is 4. The van der Waals surface area contributed by atoms with Gasteiger partial charge in [-0.25, -0.2) is 43.9 Å². The topological polar surface area (TPSA) is 823 Å². The standard InChI is InChI=1S/C75H107N22O41P5S3/c1-33-21-92(73(103)85-57(33)76)66-52(118-15-10-113-5)47(98)38(129-66)24-125-142(111,145)138-51-42(133-69(56(51)122-19-14-117-9)96-31-82-44-58(77)80-29-81-59(44)96)28-127-143(112,146)137-50-40(130-68(55(50)121-18-13-116-8)94-23-35(3)63(100)91-75(94)105)26-124-140(108,109)135-48-39(132-70(54(48)120-17-12-115-7)97-32-84-46-61(97)87-72(79)89-65(46)102)25-123-139(106,107)136-49-41(131-67(53(49)119-16-11-114-6)93-22-34(2)62(99)90-74(93)104)27-126-141(110,144)134-37-20-43(128-36(37)4)95-30-83-45-60(95)86-71(78)88-64(45)101/h21-23,29-32,36-43,47-56,66-70,98H,10-20,24-28H2,1-9H3,(H,106,107)(H,108,109)(H,110,144)(H,111,145)(H,112,146)(H2,76,85,103)(H2,77,80,81)(H,90,99,104)(H,91,100,105)(H3,78,86,88,101)(H3,79,87,89,102)/p-4/t36-,37?,38-,39-,40-,41-,42-,43-,47?,48?,49?,50?,51?,52+,53+,54+,55+,56+,66-,67-,68-,69-,70-,141?,142?,143?/m1/s1. The summed E-state index contributed by atoms with van der Waals surface area (Å²) in [4.78, 5) is 195. The fraction of sp³-hybridized carbons (Fsp3) is 0.640. The maximum atomic E-state index is 15.6. The van der Waals surface area contributed by atoms with Crippen LogP contribution >= 0.6 is 48.1 Å². The van der Waals surface area contributed by atoms with Crippen LogP contribution in [0.1, 0.15) is 67.4 Å². The van der Waals surface area contributed by atoms with Gasteiger partial charge in [0.15, 0.2) is 64.9 Å². The quantitative estimate of drug-likeness (QED) is 0.00971. The van der Waals surface area contributed by atoms with E-state index in [1.54, 1.807) is 6.92 Å². The highest BCUT2D eigenvalue weighted by Gasteiger charge is 2.57. The van der Waals surface area contributed by atoms with Crippen molar-refractivity contribution >= 4 is 129 Å². The molecule has 9 aromatic heterocycles. The Balaban J connectivity index is 0.721. The van der Waals surface area contributed by atoms with E-state index in [-0.39, 0.29) is 115 Å². The van der Waals surface area contributed by atoms with Gasteiger partial charge in [-0.15, -0.1) is 0 Å². The molecule has 6 saturated heterocycles. The summed E-state index contributed by atoms with van der Waals surface area (Å²) in [5, 5.41) is 11.8. The minimum Gasteiger partial charge on any atom is -0.780 e. The van der Waals surface area contributed by atoms with E-state index in [4.69, 9.17) is 168 Å². The molecule has 28 atom stereocenters. The van der Waals surface area contributed by atoms with Gasteiger partial charge in [0.1, 0.15) is 129 Å². The number of fused-ring (bicyclic) bond motifs is 3. The molecule has 0 bridgehead atoms. The van der Waals surface area contributed by atoms with Crippen LogP contribution < -0.4 is 81.8 Å². The van der Waals surface area contributed by atoms with E-state index in [0.29, 0.717) is 5.56 Å². The third-order valence-electron chi connectivity index (χ3n) is 23.5. The van der Waals surface area contributed by atoms with E-state index in [0.717, 1.165) is 43.3 Å². The van der Waals surface area contributed by atoms with Gasteiger partial charge in [-0.05, 0) is 27.7 Å². The van der Waals surface area contributed by atoms with Crippen molar-refractivity contribution in [3.8, 4) is 0 Å². The summed E-state index contributed by atoms with van der Waals surface area (Å²) in [6.45, 7) is -17.6. The van der Waals surface area contributed by atoms with Crippen molar-refractivity contribution in [3.05, 3.63) is 133 Å². The van der Waals surface area contributed by atoms with Gasteiger partial charge in [0.05, 0.1) is 130 Å². The highest BCUT2D eigenvalue weighted by molar-refractivity contribution is 8.44. The number of hydrogen-bond acceptors (Lipinski definition) is 55. The van der Waals surface area contributed by atoms with Crippen LogP contribution in [0.4, 0.5) is 23.5 Å². The summed E-state index contributed by atoms with van der Waals surface area (Å²) in [7, 11) is -5.84. The van der Waals surface area contributed by atoms with Gasteiger partial charge < -0.3 is 160 Å². The number of nitrogens with zero attached hydrogens (tertiary/aromatic N) is 14. The molecule has 806 valence electrons. The summed E-state index contributed by atoms with van der Waals surface area (Å²) in [6, 6.07) is 0. The van der Waals surface area contributed by atoms with Crippen LogP contribution in [0.2, 0.25) is 0 Å². The van der Waals surface area contributed by atoms with Crippen LogP contribution in [0.25, 0.3) is 33.5 Å². The lowest BCUT2D eigenvalue weighted by Gasteiger charge is -2.35. The maximum absolute atomic E-state index is 15.6. The molecular weight excluding hydrogens is 2120 g/mol. The molecule has 0 aliphatic carbocycles. The summed E-state index contributed by atoms with van der Waals surface area (Å²) in [5.41, 5.74) is 17.1. The molecular formula is C75H103N22O41P5S3-4. The number of aliphatic hydroxyl groups excluding tert-OH is 1. The second kappa shape index (κ2) is 47.8. The number of hydrogen-bond donors (Lipinski definition) is 10. The lowest BCUT2D eigenvalue weighted by atomic mass is 10.1. The van der Waals surface area contributed by atoms with Crippen LogP contribution in [0.5, 0.6) is 0 Å².